The molecule has 0 unspecified atom stereocenters. The number of aliphatic hydroxyl groups is 1. The molecule has 0 aliphatic carbocycles. The van der Waals surface area contributed by atoms with Crippen molar-refractivity contribution in [3.63, 3.8) is 0 Å². The fourth-order valence-electron chi connectivity index (χ4n) is 6.44. The van der Waals surface area contributed by atoms with E-state index in [0.29, 0.717) is 12.1 Å². The molecule has 0 bridgehead atoms. The summed E-state index contributed by atoms with van der Waals surface area (Å²) < 4.78 is 64.8. The van der Waals surface area contributed by atoms with E-state index in [4.69, 9.17) is 19.9 Å². The normalized spacial score (nSPS) is 23.9. The first-order valence-electron chi connectivity index (χ1n) is 15.5. The van der Waals surface area contributed by atoms with Crippen LogP contribution in [0.1, 0.15) is 51.9 Å². The van der Waals surface area contributed by atoms with Crippen molar-refractivity contribution in [2.24, 2.45) is 5.73 Å². The zero-order valence-electron chi connectivity index (χ0n) is 26.1. The minimum atomic E-state index is -1.62. The van der Waals surface area contributed by atoms with Gasteiger partial charge in [-0.2, -0.15) is 0 Å². The van der Waals surface area contributed by atoms with Crippen LogP contribution in [-0.4, -0.2) is 70.7 Å². The van der Waals surface area contributed by atoms with E-state index in [1.165, 1.54) is 26.8 Å². The lowest BCUT2D eigenvalue weighted by molar-refractivity contribution is -0.244. The van der Waals surface area contributed by atoms with Crippen molar-refractivity contribution in [1.29, 1.82) is 0 Å². The predicted octanol–water partition coefficient (Wildman–Crippen LogP) is 4.51. The SMILES string of the molecule is Cc1nc2ccc(-n3c(C(N)=O)nnc3[C@@H]3O[C@@H]4CCO[C@H](c5ccccc5)O[C@@H]4[C@H](n4cc(-c5cc(F)c(F)c(F)c5)nn4)[C@H]3O)cc2s1. The smallest absolute Gasteiger partial charge is 0.287 e. The van der Waals surface area contributed by atoms with Gasteiger partial charge in [0.2, 0.25) is 5.82 Å². The first kappa shape index (κ1) is 32.2. The molecule has 2 aliphatic rings. The Balaban J connectivity index is 1.23. The number of aryl methyl sites for hydroxylation is 1. The highest BCUT2D eigenvalue weighted by atomic mass is 32.1. The zero-order chi connectivity index (χ0) is 34.7. The number of hydrogen-bond acceptors (Lipinski definition) is 11. The third-order valence-electron chi connectivity index (χ3n) is 8.70. The summed E-state index contributed by atoms with van der Waals surface area (Å²) in [5, 5.41) is 29.7. The molecule has 5 heterocycles. The molecule has 3 aromatic carbocycles. The maximum atomic E-state index is 14.2. The summed E-state index contributed by atoms with van der Waals surface area (Å²) >= 11 is 1.46. The monoisotopic (exact) mass is 704 g/mol. The number of aromatic nitrogens is 7. The van der Waals surface area contributed by atoms with Crippen LogP contribution in [-0.2, 0) is 14.2 Å². The Hall–Kier alpha value is -5.07. The Morgan fingerprint density at radius 1 is 1.02 bits per heavy atom. The number of thiazole rings is 1. The Morgan fingerprint density at radius 3 is 2.56 bits per heavy atom. The molecule has 0 spiro atoms. The van der Waals surface area contributed by atoms with Crippen LogP contribution in [0.15, 0.2) is 66.9 Å². The number of nitrogens with zero attached hydrogens (tertiary/aromatic N) is 7. The van der Waals surface area contributed by atoms with E-state index in [-0.39, 0.29) is 29.5 Å². The molecule has 0 radical (unpaired) electrons. The van der Waals surface area contributed by atoms with Crippen LogP contribution < -0.4 is 5.73 Å². The summed E-state index contributed by atoms with van der Waals surface area (Å²) in [5.41, 5.74) is 7.64. The van der Waals surface area contributed by atoms with E-state index >= 15 is 0 Å². The standard InChI is InChI=1S/C33H27F3N8O5S/c1-15-38-21-8-7-18(13-24(21)50-15)44-31(40-41-32(44)30(37)46)29-27(45)26(43-14-22(39-42-43)17-11-19(34)25(36)20(35)12-17)28-23(48-29)9-10-47-33(49-28)16-5-3-2-4-6-16/h2-8,11-14,23,26-29,33,45H,9-10H2,1H3,(H2,37,46)/t23-,26-,27-,28+,29-,33+/m1/s1. The number of fused-ring (bicyclic) bond motifs is 2. The minimum absolute atomic E-state index is 0.00593. The highest BCUT2D eigenvalue weighted by molar-refractivity contribution is 7.18. The number of carbonyl (C=O) groups excluding carboxylic acids is 1. The fourth-order valence-corrected chi connectivity index (χ4v) is 7.30. The minimum Gasteiger partial charge on any atom is -0.388 e. The van der Waals surface area contributed by atoms with Gasteiger partial charge in [0.25, 0.3) is 5.91 Å². The van der Waals surface area contributed by atoms with Crippen molar-refractivity contribution < 1.29 is 37.3 Å². The van der Waals surface area contributed by atoms with Crippen LogP contribution in [0.25, 0.3) is 27.2 Å². The Morgan fingerprint density at radius 2 is 1.80 bits per heavy atom. The van der Waals surface area contributed by atoms with Crippen LogP contribution in [0.5, 0.6) is 0 Å². The van der Waals surface area contributed by atoms with Gasteiger partial charge >= 0.3 is 0 Å². The number of nitrogens with two attached hydrogens (primary N) is 1. The summed E-state index contributed by atoms with van der Waals surface area (Å²) in [7, 11) is 0. The summed E-state index contributed by atoms with van der Waals surface area (Å²) in [6, 6.07) is 15.1. The number of carbonyl (C=O) groups is 1. The van der Waals surface area contributed by atoms with E-state index < -0.39 is 60.1 Å². The van der Waals surface area contributed by atoms with E-state index in [0.717, 1.165) is 32.9 Å². The molecular formula is C33H27F3N8O5S. The van der Waals surface area contributed by atoms with Gasteiger partial charge in [-0.3, -0.25) is 9.36 Å². The maximum Gasteiger partial charge on any atom is 0.287 e. The van der Waals surface area contributed by atoms with Crippen molar-refractivity contribution in [2.45, 2.75) is 50.1 Å². The molecule has 6 atom stereocenters. The molecule has 17 heteroatoms. The number of aliphatic hydroxyl groups excluding tert-OH is 1. The number of benzene rings is 3. The summed E-state index contributed by atoms with van der Waals surface area (Å²) in [5.74, 6) is -5.39. The highest BCUT2D eigenvalue weighted by Crippen LogP contribution is 2.44. The molecule has 3 aromatic heterocycles. The van der Waals surface area contributed by atoms with Gasteiger partial charge in [-0.1, -0.05) is 35.5 Å². The second-order valence-electron chi connectivity index (χ2n) is 11.9. The van der Waals surface area contributed by atoms with Crippen molar-refractivity contribution in [1.82, 2.24) is 34.7 Å². The molecule has 8 rings (SSSR count). The molecule has 3 N–H and O–H groups in total. The topological polar surface area (TPSA) is 165 Å². The lowest BCUT2D eigenvalue weighted by Crippen LogP contribution is -2.53. The van der Waals surface area contributed by atoms with Crippen LogP contribution in [0, 0.1) is 24.4 Å². The number of amides is 1. The zero-order valence-corrected chi connectivity index (χ0v) is 26.9. The fraction of sp³-hybridized carbons (Fsp3) is 0.273. The summed E-state index contributed by atoms with van der Waals surface area (Å²) in [6.45, 7) is 2.10. The molecule has 6 aromatic rings. The Labute approximate surface area is 285 Å². The van der Waals surface area contributed by atoms with Gasteiger partial charge in [0.1, 0.15) is 30.0 Å². The Bertz CT molecular complexity index is 2210. The van der Waals surface area contributed by atoms with Gasteiger partial charge in [-0.25, -0.2) is 22.8 Å². The van der Waals surface area contributed by atoms with Crippen molar-refractivity contribution in [2.75, 3.05) is 6.61 Å². The van der Waals surface area contributed by atoms with Crippen molar-refractivity contribution in [3.8, 4) is 16.9 Å². The van der Waals surface area contributed by atoms with Gasteiger partial charge in [0.05, 0.1) is 39.8 Å². The van der Waals surface area contributed by atoms with Crippen LogP contribution in [0.4, 0.5) is 13.2 Å². The molecule has 13 nitrogen and oxygen atoms in total. The van der Waals surface area contributed by atoms with Crippen LogP contribution in [0.2, 0.25) is 0 Å². The van der Waals surface area contributed by atoms with Gasteiger partial charge in [0.15, 0.2) is 29.6 Å². The molecule has 0 saturated carbocycles. The summed E-state index contributed by atoms with van der Waals surface area (Å²) in [4.78, 5) is 17.1. The van der Waals surface area contributed by atoms with Gasteiger partial charge in [-0.05, 0) is 43.7 Å². The first-order chi connectivity index (χ1) is 24.2. The number of rotatable bonds is 6. The highest BCUT2D eigenvalue weighted by Gasteiger charge is 2.51. The molecule has 256 valence electrons. The molecule has 1 amide bonds. The molecule has 50 heavy (non-hydrogen) atoms. The third kappa shape index (κ3) is 5.62. The molecule has 2 aliphatic heterocycles. The number of hydrogen-bond donors (Lipinski definition) is 2. The Kier molecular flexibility index (Phi) is 8.15. The van der Waals surface area contributed by atoms with E-state index in [9.17, 15) is 23.1 Å². The number of halogens is 3. The lowest BCUT2D eigenvalue weighted by atomic mass is 9.90. The quantitative estimate of drug-likeness (QED) is 0.236. The third-order valence-corrected chi connectivity index (χ3v) is 9.64. The van der Waals surface area contributed by atoms with E-state index in [1.807, 2.05) is 43.3 Å². The molecular weight excluding hydrogens is 677 g/mol. The second-order valence-corrected chi connectivity index (χ2v) is 13.1. The van der Waals surface area contributed by atoms with Gasteiger partial charge in [0, 0.05) is 11.1 Å². The lowest BCUT2D eigenvalue weighted by Gasteiger charge is -2.43. The predicted molar refractivity (Wildman–Crippen MR) is 170 cm³/mol. The second kappa shape index (κ2) is 12.7. The van der Waals surface area contributed by atoms with Crippen LogP contribution >= 0.6 is 11.3 Å². The number of ether oxygens (including phenoxy) is 3. The average Bonchev–Trinajstić information content (AvgIpc) is 3.82. The van der Waals surface area contributed by atoms with Crippen molar-refractivity contribution >= 4 is 27.5 Å². The maximum absolute atomic E-state index is 14.2. The van der Waals surface area contributed by atoms with E-state index in [1.54, 1.807) is 12.1 Å². The summed E-state index contributed by atoms with van der Waals surface area (Å²) in [6.07, 6.45) is -3.52. The van der Waals surface area contributed by atoms with E-state index in [2.05, 4.69) is 25.5 Å². The largest absolute Gasteiger partial charge is 0.388 e. The van der Waals surface area contributed by atoms with Gasteiger partial charge in [-0.15, -0.1) is 26.6 Å². The van der Waals surface area contributed by atoms with Crippen molar-refractivity contribution in [3.05, 3.63) is 107 Å². The van der Waals surface area contributed by atoms with Crippen LogP contribution in [0.3, 0.4) is 0 Å². The van der Waals surface area contributed by atoms with Gasteiger partial charge < -0.3 is 25.1 Å². The first-order valence-corrected chi connectivity index (χ1v) is 16.3. The number of primary amides is 1. The molecule has 2 saturated heterocycles. The molecule has 2 fully saturated rings. The average molecular weight is 705 g/mol.